The summed E-state index contributed by atoms with van der Waals surface area (Å²) in [6.45, 7) is 3.05. The lowest BCUT2D eigenvalue weighted by molar-refractivity contribution is 0.0527. The molecule has 0 aromatic heterocycles. The maximum atomic E-state index is 14.1. The zero-order valence-corrected chi connectivity index (χ0v) is 15.5. The predicted molar refractivity (Wildman–Crippen MR) is 105 cm³/mol. The molecule has 2 aromatic carbocycles. The van der Waals surface area contributed by atoms with Gasteiger partial charge in [0, 0.05) is 36.4 Å². The van der Waals surface area contributed by atoms with Gasteiger partial charge in [0.1, 0.15) is 5.82 Å². The second-order valence-electron chi connectivity index (χ2n) is 7.66. The first-order valence-corrected chi connectivity index (χ1v) is 9.76. The SMILES string of the molecule is O=C(Nc1ccccc1)N1CCC[C@]2(CCCN2Cc2ccccc2F)C1. The number of para-hydroxylation sites is 1. The summed E-state index contributed by atoms with van der Waals surface area (Å²) < 4.78 is 14.1. The Hall–Kier alpha value is -2.40. The van der Waals surface area contributed by atoms with Gasteiger partial charge in [0.2, 0.25) is 0 Å². The Labute approximate surface area is 160 Å². The van der Waals surface area contributed by atoms with Crippen LogP contribution in [-0.4, -0.2) is 41.0 Å². The molecule has 1 atom stereocenters. The predicted octanol–water partition coefficient (Wildman–Crippen LogP) is 4.49. The standard InChI is InChI=1S/C22H26FN3O/c23-20-11-5-4-8-18(20)16-26-15-7-13-22(26)12-6-14-25(17-22)21(27)24-19-9-2-1-3-10-19/h1-5,8-11H,6-7,12-17H2,(H,24,27)/t22-/m0/s1. The number of nitrogens with one attached hydrogen (secondary N) is 1. The number of piperidine rings is 1. The number of carbonyl (C=O) groups is 1. The van der Waals surface area contributed by atoms with Crippen molar-refractivity contribution in [3.8, 4) is 0 Å². The topological polar surface area (TPSA) is 35.6 Å². The van der Waals surface area contributed by atoms with Gasteiger partial charge in [0.05, 0.1) is 0 Å². The van der Waals surface area contributed by atoms with E-state index in [-0.39, 0.29) is 17.4 Å². The number of benzene rings is 2. The minimum Gasteiger partial charge on any atom is -0.323 e. The highest BCUT2D eigenvalue weighted by molar-refractivity contribution is 5.89. The maximum Gasteiger partial charge on any atom is 0.321 e. The van der Waals surface area contributed by atoms with Crippen molar-refractivity contribution in [2.45, 2.75) is 37.8 Å². The number of halogens is 1. The Bertz CT molecular complexity index is 797. The molecule has 1 spiro atoms. The van der Waals surface area contributed by atoms with Gasteiger partial charge in [-0.25, -0.2) is 9.18 Å². The fraction of sp³-hybridized carbons (Fsp3) is 0.409. The molecule has 142 valence electrons. The van der Waals surface area contributed by atoms with E-state index >= 15 is 0 Å². The first-order chi connectivity index (χ1) is 13.2. The zero-order valence-electron chi connectivity index (χ0n) is 15.5. The highest BCUT2D eigenvalue weighted by atomic mass is 19.1. The Morgan fingerprint density at radius 3 is 2.48 bits per heavy atom. The van der Waals surface area contributed by atoms with Crippen LogP contribution in [0.2, 0.25) is 0 Å². The number of hydrogen-bond acceptors (Lipinski definition) is 2. The Morgan fingerprint density at radius 1 is 1.00 bits per heavy atom. The molecular weight excluding hydrogens is 341 g/mol. The molecule has 4 nitrogen and oxygen atoms in total. The van der Waals surface area contributed by atoms with Crippen LogP contribution in [0.1, 0.15) is 31.2 Å². The molecule has 1 N–H and O–H groups in total. The minimum atomic E-state index is -0.144. The lowest BCUT2D eigenvalue weighted by Crippen LogP contribution is -2.57. The van der Waals surface area contributed by atoms with Crippen LogP contribution in [0.15, 0.2) is 54.6 Å². The van der Waals surface area contributed by atoms with Crippen molar-refractivity contribution < 1.29 is 9.18 Å². The summed E-state index contributed by atoms with van der Waals surface area (Å²) in [5.41, 5.74) is 1.52. The third-order valence-corrected chi connectivity index (χ3v) is 5.93. The molecule has 2 fully saturated rings. The number of hydrogen-bond donors (Lipinski definition) is 1. The smallest absolute Gasteiger partial charge is 0.321 e. The number of anilines is 1. The van der Waals surface area contributed by atoms with Gasteiger partial charge in [-0.3, -0.25) is 4.90 Å². The molecule has 4 rings (SSSR count). The van der Waals surface area contributed by atoms with E-state index in [9.17, 15) is 9.18 Å². The quantitative estimate of drug-likeness (QED) is 0.868. The first kappa shape index (κ1) is 18.0. The molecule has 0 saturated carbocycles. The van der Waals surface area contributed by atoms with Crippen LogP contribution >= 0.6 is 0 Å². The van der Waals surface area contributed by atoms with E-state index in [1.54, 1.807) is 6.07 Å². The molecule has 2 aliphatic rings. The van der Waals surface area contributed by atoms with Gasteiger partial charge >= 0.3 is 6.03 Å². The summed E-state index contributed by atoms with van der Waals surface area (Å²) in [6.07, 6.45) is 4.21. The molecule has 2 saturated heterocycles. The summed E-state index contributed by atoms with van der Waals surface area (Å²) in [6, 6.07) is 16.5. The number of nitrogens with zero attached hydrogens (tertiary/aromatic N) is 2. The number of rotatable bonds is 3. The molecule has 0 aliphatic carbocycles. The summed E-state index contributed by atoms with van der Waals surface area (Å²) in [7, 11) is 0. The summed E-state index contributed by atoms with van der Waals surface area (Å²) in [5, 5.41) is 3.00. The molecule has 0 radical (unpaired) electrons. The van der Waals surface area contributed by atoms with E-state index in [1.165, 1.54) is 6.07 Å². The Kier molecular flexibility index (Phi) is 5.12. The van der Waals surface area contributed by atoms with Crippen molar-refractivity contribution in [1.82, 2.24) is 9.80 Å². The van der Waals surface area contributed by atoms with E-state index in [1.807, 2.05) is 47.4 Å². The van der Waals surface area contributed by atoms with E-state index in [4.69, 9.17) is 0 Å². The van der Waals surface area contributed by atoms with Crippen LogP contribution in [0.3, 0.4) is 0 Å². The minimum absolute atomic E-state index is 0.0332. The van der Waals surface area contributed by atoms with Crippen molar-refractivity contribution in [2.75, 3.05) is 25.0 Å². The number of amides is 2. The second-order valence-corrected chi connectivity index (χ2v) is 7.66. The maximum absolute atomic E-state index is 14.1. The summed E-state index contributed by atoms with van der Waals surface area (Å²) >= 11 is 0. The van der Waals surface area contributed by atoms with Gasteiger partial charge in [-0.1, -0.05) is 36.4 Å². The van der Waals surface area contributed by atoms with Crippen molar-refractivity contribution in [3.05, 3.63) is 66.0 Å². The van der Waals surface area contributed by atoms with Crippen molar-refractivity contribution in [3.63, 3.8) is 0 Å². The highest BCUT2D eigenvalue weighted by Gasteiger charge is 2.44. The zero-order chi connectivity index (χ0) is 18.7. The summed E-state index contributed by atoms with van der Waals surface area (Å²) in [4.78, 5) is 17.1. The molecule has 2 amide bonds. The van der Waals surface area contributed by atoms with E-state index in [0.29, 0.717) is 13.1 Å². The lowest BCUT2D eigenvalue weighted by atomic mass is 9.86. The monoisotopic (exact) mass is 367 g/mol. The van der Waals surface area contributed by atoms with Crippen LogP contribution in [0.5, 0.6) is 0 Å². The van der Waals surface area contributed by atoms with Gasteiger partial charge in [-0.15, -0.1) is 0 Å². The number of likely N-dealkylation sites (tertiary alicyclic amines) is 2. The van der Waals surface area contributed by atoms with Crippen LogP contribution in [0.25, 0.3) is 0 Å². The van der Waals surface area contributed by atoms with Gasteiger partial charge in [0.25, 0.3) is 0 Å². The molecule has 2 aliphatic heterocycles. The highest BCUT2D eigenvalue weighted by Crippen LogP contribution is 2.38. The van der Waals surface area contributed by atoms with E-state index < -0.39 is 0 Å². The molecule has 2 heterocycles. The van der Waals surface area contributed by atoms with Crippen LogP contribution < -0.4 is 5.32 Å². The third-order valence-electron chi connectivity index (χ3n) is 5.93. The first-order valence-electron chi connectivity index (χ1n) is 9.76. The van der Waals surface area contributed by atoms with E-state index in [2.05, 4.69) is 10.2 Å². The van der Waals surface area contributed by atoms with Gasteiger partial charge in [0.15, 0.2) is 0 Å². The lowest BCUT2D eigenvalue weighted by Gasteiger charge is -2.46. The second kappa shape index (κ2) is 7.69. The van der Waals surface area contributed by atoms with Gasteiger partial charge in [-0.05, 0) is 50.4 Å². The molecule has 0 bridgehead atoms. The van der Waals surface area contributed by atoms with E-state index in [0.717, 1.165) is 50.0 Å². The normalized spacial score (nSPS) is 22.9. The largest absolute Gasteiger partial charge is 0.323 e. The Morgan fingerprint density at radius 2 is 1.70 bits per heavy atom. The average Bonchev–Trinajstić information content (AvgIpc) is 3.06. The molecule has 2 aromatic rings. The average molecular weight is 367 g/mol. The molecule has 0 unspecified atom stereocenters. The summed E-state index contributed by atoms with van der Waals surface area (Å²) in [5.74, 6) is -0.144. The van der Waals surface area contributed by atoms with Crippen molar-refractivity contribution in [1.29, 1.82) is 0 Å². The molecular formula is C22H26FN3O. The van der Waals surface area contributed by atoms with Crippen LogP contribution in [-0.2, 0) is 6.54 Å². The van der Waals surface area contributed by atoms with Crippen LogP contribution in [0, 0.1) is 5.82 Å². The number of urea groups is 1. The van der Waals surface area contributed by atoms with Crippen molar-refractivity contribution in [2.24, 2.45) is 0 Å². The molecule has 5 heteroatoms. The fourth-order valence-electron chi connectivity index (χ4n) is 4.55. The van der Waals surface area contributed by atoms with Crippen LogP contribution in [0.4, 0.5) is 14.9 Å². The van der Waals surface area contributed by atoms with Gasteiger partial charge in [-0.2, -0.15) is 0 Å². The number of carbonyl (C=O) groups excluding carboxylic acids is 1. The molecule has 27 heavy (non-hydrogen) atoms. The van der Waals surface area contributed by atoms with Crippen molar-refractivity contribution >= 4 is 11.7 Å². The Balaban J connectivity index is 1.47. The third kappa shape index (κ3) is 3.83. The fourth-order valence-corrected chi connectivity index (χ4v) is 4.55. The van der Waals surface area contributed by atoms with Gasteiger partial charge < -0.3 is 10.2 Å².